The molecule has 2 fully saturated rings. The quantitative estimate of drug-likeness (QED) is 0.320. The number of rotatable bonds is 9. The number of ether oxygens (including phenoxy) is 4. The van der Waals surface area contributed by atoms with Crippen LogP contribution in [0, 0.1) is 18.3 Å². The third-order valence-electron chi connectivity index (χ3n) is 8.72. The topological polar surface area (TPSA) is 136 Å². The number of hydrogen-bond acceptors (Lipinski definition) is 8. The number of hydrogen-bond donors (Lipinski definition) is 2. The maximum absolute atomic E-state index is 13.5. The molecule has 2 saturated heterocycles. The number of methoxy groups -OCH3 is 2. The number of fused-ring (bicyclic) bond motifs is 4. The lowest BCUT2D eigenvalue weighted by atomic mass is 10.1. The van der Waals surface area contributed by atoms with Gasteiger partial charge in [-0.3, -0.25) is 19.2 Å². The predicted octanol–water partition coefficient (Wildman–Crippen LogP) is 2.48. The van der Waals surface area contributed by atoms with Crippen molar-refractivity contribution in [3.05, 3.63) is 71.8 Å². The highest BCUT2D eigenvalue weighted by Crippen LogP contribution is 2.36. The summed E-state index contributed by atoms with van der Waals surface area (Å²) in [5, 5.41) is 5.67. The van der Waals surface area contributed by atoms with Gasteiger partial charge >= 0.3 is 0 Å². The number of benzene rings is 2. The highest BCUT2D eigenvalue weighted by atomic mass is 16.5. The zero-order valence-corrected chi connectivity index (χ0v) is 25.5. The largest absolute Gasteiger partial charge is 0.497 e. The summed E-state index contributed by atoms with van der Waals surface area (Å²) in [7, 11) is 3.00. The normalized spacial score (nSPS) is 24.1. The van der Waals surface area contributed by atoms with Crippen molar-refractivity contribution in [2.75, 3.05) is 51.2 Å². The average molecular weight is 627 g/mol. The van der Waals surface area contributed by atoms with Gasteiger partial charge < -0.3 is 39.4 Å². The smallest absolute Gasteiger partial charge is 0.257 e. The van der Waals surface area contributed by atoms with E-state index in [1.807, 2.05) is 0 Å². The van der Waals surface area contributed by atoms with Crippen molar-refractivity contribution >= 4 is 35.0 Å². The summed E-state index contributed by atoms with van der Waals surface area (Å²) in [5.41, 5.74) is 2.56. The van der Waals surface area contributed by atoms with E-state index in [4.69, 9.17) is 25.4 Å². The van der Waals surface area contributed by atoms with E-state index in [0.29, 0.717) is 45.1 Å². The molecule has 0 spiro atoms. The van der Waals surface area contributed by atoms with Crippen molar-refractivity contribution in [3.8, 4) is 23.8 Å². The number of carbonyl (C=O) groups is 4. The van der Waals surface area contributed by atoms with Crippen LogP contribution in [0.2, 0.25) is 0 Å². The van der Waals surface area contributed by atoms with Gasteiger partial charge in [0.1, 0.15) is 35.8 Å². The van der Waals surface area contributed by atoms with E-state index >= 15 is 0 Å². The zero-order chi connectivity index (χ0) is 32.7. The molecule has 0 radical (unpaired) electrons. The summed E-state index contributed by atoms with van der Waals surface area (Å²) in [4.78, 5) is 56.6. The summed E-state index contributed by atoms with van der Waals surface area (Å²) in [6, 6.07) is 7.91. The third-order valence-corrected chi connectivity index (χ3v) is 8.72. The van der Waals surface area contributed by atoms with E-state index in [0.717, 1.165) is 0 Å². The second kappa shape index (κ2) is 12.3. The molecule has 4 atom stereocenters. The molecular formula is C34H34N4O8. The van der Waals surface area contributed by atoms with Crippen molar-refractivity contribution < 1.29 is 38.1 Å². The third kappa shape index (κ3) is 5.37. The van der Waals surface area contributed by atoms with Crippen LogP contribution in [0.25, 0.3) is 0 Å². The molecule has 4 heterocycles. The highest BCUT2D eigenvalue weighted by Gasteiger charge is 2.49. The minimum atomic E-state index is -0.935. The number of carbonyl (C=O) groups excluding carboxylic acids is 4. The Morgan fingerprint density at radius 3 is 1.63 bits per heavy atom. The van der Waals surface area contributed by atoms with Crippen LogP contribution in [-0.4, -0.2) is 98.2 Å². The standard InChI is InChI=1S/C34H34N4O8/c1-6-7-20(16-45-29-18(2)14-37-27(29)31(39)35-25-10-8-21(43-4)12-23(25)33(37)41)17-46-30-19(3)15-38-28(30)32(40)36-26-11-9-22(44-5)13-24(26)34(38)42/h1,8-13,20,27-30H,2-3,7,14-17H2,4-5H3,(H,35,39)(H,36,40). The van der Waals surface area contributed by atoms with Gasteiger partial charge in [-0.25, -0.2) is 0 Å². The number of anilines is 2. The molecule has 12 heteroatoms. The first-order chi connectivity index (χ1) is 22.1. The maximum Gasteiger partial charge on any atom is 0.257 e. The lowest BCUT2D eigenvalue weighted by Crippen LogP contribution is -2.47. The van der Waals surface area contributed by atoms with Crippen LogP contribution in [0.1, 0.15) is 27.1 Å². The zero-order valence-electron chi connectivity index (χ0n) is 25.5. The first-order valence-electron chi connectivity index (χ1n) is 14.8. The molecule has 4 aliphatic heterocycles. The van der Waals surface area contributed by atoms with Gasteiger partial charge in [0.2, 0.25) is 11.8 Å². The Morgan fingerprint density at radius 2 is 1.24 bits per heavy atom. The van der Waals surface area contributed by atoms with Crippen molar-refractivity contribution in [3.63, 3.8) is 0 Å². The second-order valence-corrected chi connectivity index (χ2v) is 11.7. The molecule has 2 N–H and O–H groups in total. The summed E-state index contributed by atoms with van der Waals surface area (Å²) in [5.74, 6) is 1.81. The molecule has 0 bridgehead atoms. The van der Waals surface area contributed by atoms with Crippen molar-refractivity contribution in [1.29, 1.82) is 0 Å². The second-order valence-electron chi connectivity index (χ2n) is 11.7. The van der Waals surface area contributed by atoms with E-state index < -0.39 is 36.1 Å². The molecule has 2 aromatic carbocycles. The van der Waals surface area contributed by atoms with Gasteiger partial charge in [-0.1, -0.05) is 13.2 Å². The Bertz CT molecular complexity index is 1580. The Morgan fingerprint density at radius 1 is 0.804 bits per heavy atom. The predicted molar refractivity (Wildman–Crippen MR) is 168 cm³/mol. The van der Waals surface area contributed by atoms with E-state index in [1.165, 1.54) is 24.0 Å². The maximum atomic E-state index is 13.5. The Kier molecular flexibility index (Phi) is 8.29. The number of nitrogens with zero attached hydrogens (tertiary/aromatic N) is 2. The SMILES string of the molecule is C#CCC(COC1C(=C)CN2C(=O)c3cc(OC)ccc3NC(=O)C12)COC1C(=C)CN2C(=O)c3cc(OC)ccc3NC(=O)C12. The van der Waals surface area contributed by atoms with Crippen LogP contribution >= 0.6 is 0 Å². The van der Waals surface area contributed by atoms with Gasteiger partial charge in [-0.15, -0.1) is 12.3 Å². The Balaban J connectivity index is 1.14. The summed E-state index contributed by atoms with van der Waals surface area (Å²) in [6.45, 7) is 8.65. The molecular weight excluding hydrogens is 592 g/mol. The monoisotopic (exact) mass is 626 g/mol. The Hall–Kier alpha value is -5.12. The summed E-state index contributed by atoms with van der Waals surface area (Å²) in [6.07, 6.45) is 4.39. The van der Waals surface area contributed by atoms with Crippen LogP contribution in [0.5, 0.6) is 11.5 Å². The lowest BCUT2D eigenvalue weighted by molar-refractivity contribution is -0.123. The van der Waals surface area contributed by atoms with Crippen LogP contribution in [-0.2, 0) is 19.1 Å². The first kappa shape index (κ1) is 30.9. The van der Waals surface area contributed by atoms with Gasteiger partial charge in [-0.05, 0) is 47.5 Å². The van der Waals surface area contributed by atoms with E-state index in [1.54, 1.807) is 36.4 Å². The summed E-state index contributed by atoms with van der Waals surface area (Å²) < 4.78 is 23.0. The molecule has 0 aromatic heterocycles. The van der Waals surface area contributed by atoms with Crippen LogP contribution < -0.4 is 20.1 Å². The lowest BCUT2D eigenvalue weighted by Gasteiger charge is -2.27. The van der Waals surface area contributed by atoms with Gasteiger partial charge in [0, 0.05) is 25.4 Å². The molecule has 0 aliphatic carbocycles. The van der Waals surface area contributed by atoms with Crippen molar-refractivity contribution in [2.24, 2.45) is 5.92 Å². The molecule has 4 aliphatic rings. The van der Waals surface area contributed by atoms with Crippen molar-refractivity contribution in [2.45, 2.75) is 30.7 Å². The molecule has 238 valence electrons. The van der Waals surface area contributed by atoms with Gasteiger partial charge in [-0.2, -0.15) is 0 Å². The molecule has 2 aromatic rings. The van der Waals surface area contributed by atoms with Crippen molar-refractivity contribution in [1.82, 2.24) is 9.80 Å². The van der Waals surface area contributed by atoms with Gasteiger partial charge in [0.05, 0.1) is 49.9 Å². The van der Waals surface area contributed by atoms with E-state index in [2.05, 4.69) is 29.7 Å². The molecule has 0 saturated carbocycles. The fourth-order valence-electron chi connectivity index (χ4n) is 6.37. The van der Waals surface area contributed by atoms with Crippen LogP contribution in [0.4, 0.5) is 11.4 Å². The molecule has 6 rings (SSSR count). The minimum absolute atomic E-state index is 0.0877. The van der Waals surface area contributed by atoms with E-state index in [9.17, 15) is 19.2 Å². The molecule has 4 amide bonds. The molecule has 12 nitrogen and oxygen atoms in total. The van der Waals surface area contributed by atoms with Gasteiger partial charge in [0.25, 0.3) is 11.8 Å². The van der Waals surface area contributed by atoms with E-state index in [-0.39, 0.29) is 50.5 Å². The fourth-order valence-corrected chi connectivity index (χ4v) is 6.37. The summed E-state index contributed by atoms with van der Waals surface area (Å²) >= 11 is 0. The minimum Gasteiger partial charge on any atom is -0.497 e. The van der Waals surface area contributed by atoms with Gasteiger partial charge in [0.15, 0.2) is 0 Å². The highest BCUT2D eigenvalue weighted by molar-refractivity contribution is 6.12. The number of terminal acetylenes is 1. The first-order valence-corrected chi connectivity index (χ1v) is 14.8. The average Bonchev–Trinajstić information content (AvgIpc) is 3.51. The molecule has 4 unspecified atom stereocenters. The van der Waals surface area contributed by atoms with Crippen LogP contribution in [0.3, 0.4) is 0 Å². The number of nitrogens with one attached hydrogen (secondary N) is 2. The Labute approximate surface area is 266 Å². The van der Waals surface area contributed by atoms with Crippen LogP contribution in [0.15, 0.2) is 60.7 Å². The fraction of sp³-hybridized carbons (Fsp3) is 0.353. The molecule has 46 heavy (non-hydrogen) atoms. The number of amides is 4.